The topological polar surface area (TPSA) is 102 Å². The number of hydrogen-bond donors (Lipinski definition) is 1. The third-order valence-electron chi connectivity index (χ3n) is 5.02. The van der Waals surface area contributed by atoms with E-state index in [1.807, 2.05) is 25.1 Å². The Morgan fingerprint density at radius 3 is 2.33 bits per heavy atom. The molecular weight excluding hydrogens is 348 g/mol. The van der Waals surface area contributed by atoms with Gasteiger partial charge in [-0.2, -0.15) is 10.2 Å². The fourth-order valence-corrected chi connectivity index (χ4v) is 3.59. The molecular formula is C19H20N4O4. The predicted molar refractivity (Wildman–Crippen MR) is 98.3 cm³/mol. The lowest BCUT2D eigenvalue weighted by atomic mass is 9.80. The van der Waals surface area contributed by atoms with Gasteiger partial charge in [-0.3, -0.25) is 5.43 Å². The lowest BCUT2D eigenvalue weighted by molar-refractivity contribution is -0.238. The van der Waals surface area contributed by atoms with Crippen molar-refractivity contribution in [2.24, 2.45) is 15.3 Å². The summed E-state index contributed by atoms with van der Waals surface area (Å²) in [7, 11) is 0. The van der Waals surface area contributed by atoms with E-state index in [0.717, 1.165) is 18.6 Å². The van der Waals surface area contributed by atoms with Gasteiger partial charge in [-0.05, 0) is 31.2 Å². The van der Waals surface area contributed by atoms with E-state index in [9.17, 15) is 9.59 Å². The number of esters is 2. The first kappa shape index (κ1) is 17.4. The molecule has 2 aliphatic heterocycles. The molecule has 0 amide bonds. The minimum Gasteiger partial charge on any atom is -0.417 e. The summed E-state index contributed by atoms with van der Waals surface area (Å²) in [5.74, 6) is -1.89. The zero-order chi connectivity index (χ0) is 18.9. The van der Waals surface area contributed by atoms with Gasteiger partial charge in [0.25, 0.3) is 11.5 Å². The molecule has 2 fully saturated rings. The number of hydrazone groups is 1. The molecule has 1 aromatic carbocycles. The second-order valence-electron chi connectivity index (χ2n) is 7.01. The normalized spacial score (nSPS) is 27.6. The van der Waals surface area contributed by atoms with E-state index in [1.165, 1.54) is 5.56 Å². The molecule has 1 saturated heterocycles. The summed E-state index contributed by atoms with van der Waals surface area (Å²) in [5, 5.41) is 11.5. The van der Waals surface area contributed by atoms with Gasteiger partial charge in [-0.15, -0.1) is 5.10 Å². The van der Waals surface area contributed by atoms with Gasteiger partial charge in [0.15, 0.2) is 5.84 Å². The van der Waals surface area contributed by atoms with Crippen LogP contribution in [0, 0.1) is 0 Å². The summed E-state index contributed by atoms with van der Waals surface area (Å²) in [6, 6.07) is 10.2. The number of carbonyl (C=O) groups is 2. The fourth-order valence-electron chi connectivity index (χ4n) is 3.59. The van der Waals surface area contributed by atoms with Crippen LogP contribution in [0.25, 0.3) is 0 Å². The molecule has 4 rings (SSSR count). The number of benzene rings is 1. The molecule has 0 aromatic heterocycles. The number of amidine groups is 1. The minimum absolute atomic E-state index is 0.370. The van der Waals surface area contributed by atoms with Crippen LogP contribution in [-0.2, 0) is 19.1 Å². The molecule has 8 nitrogen and oxygen atoms in total. The van der Waals surface area contributed by atoms with Crippen molar-refractivity contribution in [1.82, 2.24) is 5.43 Å². The maximum absolute atomic E-state index is 12.3. The molecule has 140 valence electrons. The summed E-state index contributed by atoms with van der Waals surface area (Å²) in [6.45, 7) is 1.82. The molecule has 1 aliphatic carbocycles. The van der Waals surface area contributed by atoms with Gasteiger partial charge in [0, 0.05) is 25.0 Å². The average molecular weight is 368 g/mol. The molecule has 0 atom stereocenters. The Balaban J connectivity index is 1.39. The first-order valence-corrected chi connectivity index (χ1v) is 9.00. The minimum atomic E-state index is -1.18. The van der Waals surface area contributed by atoms with Gasteiger partial charge >= 0.3 is 11.9 Å². The maximum atomic E-state index is 12.3. The van der Waals surface area contributed by atoms with E-state index in [2.05, 4.69) is 32.9 Å². The number of hydrogen-bond acceptors (Lipinski definition) is 8. The molecule has 3 aliphatic rings. The Bertz CT molecular complexity index is 830. The summed E-state index contributed by atoms with van der Waals surface area (Å²) in [5.41, 5.74) is 4.25. The zero-order valence-electron chi connectivity index (χ0n) is 15.0. The Kier molecular flexibility index (Phi) is 4.47. The Morgan fingerprint density at radius 1 is 1.07 bits per heavy atom. The highest BCUT2D eigenvalue weighted by Crippen LogP contribution is 2.42. The van der Waals surface area contributed by atoms with Gasteiger partial charge in [0.05, 0.1) is 0 Å². The van der Waals surface area contributed by atoms with E-state index < -0.39 is 23.4 Å². The standard InChI is InChI=1S/C19H20N4O4/c1-12-11-15(21-20-12)22-23-16-17(24)26-19(27-18(16)25)9-7-14(8-10-19)13-5-3-2-4-6-13/h2-6,14H,7-11H2,1H3,(H,21,22). The molecule has 2 heterocycles. The van der Waals surface area contributed by atoms with Crippen LogP contribution in [0.15, 0.2) is 45.6 Å². The van der Waals surface area contributed by atoms with Crippen LogP contribution in [0.5, 0.6) is 0 Å². The number of carbonyl (C=O) groups excluding carboxylic acids is 2. The first-order valence-electron chi connectivity index (χ1n) is 9.00. The number of rotatable bonds is 2. The lowest BCUT2D eigenvalue weighted by Crippen LogP contribution is -2.52. The van der Waals surface area contributed by atoms with E-state index >= 15 is 0 Å². The van der Waals surface area contributed by atoms with Crippen LogP contribution in [0.3, 0.4) is 0 Å². The fraction of sp³-hybridized carbons (Fsp3) is 0.421. The quantitative estimate of drug-likeness (QED) is 0.637. The maximum Gasteiger partial charge on any atom is 0.369 e. The second-order valence-corrected chi connectivity index (χ2v) is 7.01. The van der Waals surface area contributed by atoms with Gasteiger partial charge in [-0.1, -0.05) is 30.3 Å². The van der Waals surface area contributed by atoms with Crippen molar-refractivity contribution >= 4 is 29.2 Å². The summed E-state index contributed by atoms with van der Waals surface area (Å²) in [6.07, 6.45) is 3.01. The lowest BCUT2D eigenvalue weighted by Gasteiger charge is -2.40. The molecule has 27 heavy (non-hydrogen) atoms. The van der Waals surface area contributed by atoms with Crippen molar-refractivity contribution in [1.29, 1.82) is 0 Å². The van der Waals surface area contributed by atoms with E-state index in [1.54, 1.807) is 0 Å². The number of nitrogens with zero attached hydrogens (tertiary/aromatic N) is 3. The van der Waals surface area contributed by atoms with Crippen LogP contribution in [-0.4, -0.2) is 35.0 Å². The largest absolute Gasteiger partial charge is 0.417 e. The summed E-state index contributed by atoms with van der Waals surface area (Å²) in [4.78, 5) is 24.7. The van der Waals surface area contributed by atoms with Crippen LogP contribution < -0.4 is 5.43 Å². The van der Waals surface area contributed by atoms with Gasteiger partial charge in [-0.25, -0.2) is 9.59 Å². The third kappa shape index (κ3) is 3.60. The molecule has 1 aromatic rings. The predicted octanol–water partition coefficient (Wildman–Crippen LogP) is 2.26. The average Bonchev–Trinajstić information content (AvgIpc) is 3.07. The van der Waals surface area contributed by atoms with Crippen molar-refractivity contribution in [2.45, 2.75) is 50.7 Å². The highest BCUT2D eigenvalue weighted by molar-refractivity contribution is 6.63. The molecule has 8 heteroatoms. The second kappa shape index (κ2) is 6.94. The van der Waals surface area contributed by atoms with Crippen LogP contribution in [0.4, 0.5) is 0 Å². The molecule has 0 radical (unpaired) electrons. The van der Waals surface area contributed by atoms with Crippen molar-refractivity contribution in [3.05, 3.63) is 35.9 Å². The zero-order valence-corrected chi connectivity index (χ0v) is 15.0. The van der Waals surface area contributed by atoms with E-state index in [-0.39, 0.29) is 0 Å². The monoisotopic (exact) mass is 368 g/mol. The van der Waals surface area contributed by atoms with E-state index in [0.29, 0.717) is 31.0 Å². The van der Waals surface area contributed by atoms with Gasteiger partial charge in [0.2, 0.25) is 0 Å². The molecule has 0 bridgehead atoms. The molecule has 1 spiro atoms. The molecule has 1 N–H and O–H groups in total. The highest BCUT2D eigenvalue weighted by Gasteiger charge is 2.49. The third-order valence-corrected chi connectivity index (χ3v) is 5.02. The summed E-state index contributed by atoms with van der Waals surface area (Å²) >= 11 is 0. The van der Waals surface area contributed by atoms with Crippen LogP contribution in [0.2, 0.25) is 0 Å². The highest BCUT2D eigenvalue weighted by atomic mass is 16.7. The smallest absolute Gasteiger partial charge is 0.369 e. The first-order chi connectivity index (χ1) is 13.0. The van der Waals surface area contributed by atoms with Crippen LogP contribution >= 0.6 is 0 Å². The molecule has 0 unspecified atom stereocenters. The number of nitrogens with one attached hydrogen (secondary N) is 1. The van der Waals surface area contributed by atoms with Gasteiger partial charge in [0.1, 0.15) is 0 Å². The number of ether oxygens (including phenoxy) is 2. The van der Waals surface area contributed by atoms with Crippen molar-refractivity contribution in [2.75, 3.05) is 0 Å². The van der Waals surface area contributed by atoms with Crippen molar-refractivity contribution in [3.63, 3.8) is 0 Å². The van der Waals surface area contributed by atoms with Gasteiger partial charge < -0.3 is 9.47 Å². The SMILES string of the molecule is CC1=NN=C(NN=C2C(=O)OC3(CCC(c4ccccc4)CC3)OC2=O)C1. The Labute approximate surface area is 156 Å². The van der Waals surface area contributed by atoms with Crippen molar-refractivity contribution < 1.29 is 19.1 Å². The van der Waals surface area contributed by atoms with Crippen LogP contribution in [0.1, 0.15) is 50.5 Å². The van der Waals surface area contributed by atoms with Crippen molar-refractivity contribution in [3.8, 4) is 0 Å². The van der Waals surface area contributed by atoms with E-state index in [4.69, 9.17) is 9.47 Å². The Hall–Kier alpha value is -3.03. The Morgan fingerprint density at radius 2 is 1.74 bits per heavy atom. The summed E-state index contributed by atoms with van der Waals surface area (Å²) < 4.78 is 11.0. The molecule has 1 saturated carbocycles.